The Morgan fingerprint density at radius 2 is 2.00 bits per heavy atom. The number of methoxy groups -OCH3 is 1. The van der Waals surface area contributed by atoms with Crippen LogP contribution in [0.15, 0.2) is 65.3 Å². The van der Waals surface area contributed by atoms with Crippen molar-refractivity contribution in [3.05, 3.63) is 88.2 Å². The van der Waals surface area contributed by atoms with Crippen LogP contribution in [0, 0.1) is 23.7 Å². The maximum Gasteiger partial charge on any atom is 0.286 e. The van der Waals surface area contributed by atoms with Crippen LogP contribution in [0.25, 0.3) is 0 Å². The number of aromatic nitrogens is 2. The zero-order valence-corrected chi connectivity index (χ0v) is 29.8. The third-order valence-corrected chi connectivity index (χ3v) is 12.8. The van der Waals surface area contributed by atoms with Crippen LogP contribution in [0.2, 0.25) is 5.02 Å². The number of anilines is 1. The van der Waals surface area contributed by atoms with Crippen molar-refractivity contribution >= 4 is 39.0 Å². The van der Waals surface area contributed by atoms with Crippen LogP contribution >= 0.6 is 11.6 Å². The molecule has 1 N–H and O–H groups in total. The van der Waals surface area contributed by atoms with Crippen molar-refractivity contribution in [2.45, 2.75) is 57.6 Å². The van der Waals surface area contributed by atoms with Crippen molar-refractivity contribution in [1.29, 1.82) is 0 Å². The molecule has 2 fully saturated rings. The summed E-state index contributed by atoms with van der Waals surface area (Å²) < 4.78 is 35.3. The van der Waals surface area contributed by atoms with Gasteiger partial charge in [0.2, 0.25) is 0 Å². The van der Waals surface area contributed by atoms with Crippen LogP contribution in [0.1, 0.15) is 76.8 Å². The number of aryl methyl sites for hydroxylation is 1. The van der Waals surface area contributed by atoms with Gasteiger partial charge in [0.05, 0.1) is 35.9 Å². The molecule has 2 saturated carbocycles. The Balaban J connectivity index is 1.32. The molecular formula is C37H44ClN5O5S. The van der Waals surface area contributed by atoms with Gasteiger partial charge >= 0.3 is 0 Å². The van der Waals surface area contributed by atoms with E-state index in [1.54, 1.807) is 20.2 Å². The Labute approximate surface area is 293 Å². The summed E-state index contributed by atoms with van der Waals surface area (Å²) in [5.41, 5.74) is 3.82. The first-order chi connectivity index (χ1) is 23.6. The number of amides is 2. The highest BCUT2D eigenvalue weighted by Crippen LogP contribution is 2.52. The summed E-state index contributed by atoms with van der Waals surface area (Å²) in [6.07, 6.45) is 11.8. The molecule has 0 saturated heterocycles. The number of allylic oxidation sites excluding steroid dienone is 1. The summed E-state index contributed by atoms with van der Waals surface area (Å²) >= 11 is 6.53. The number of hydrogen-bond acceptors (Lipinski definition) is 7. The molecule has 10 nitrogen and oxygen atoms in total. The van der Waals surface area contributed by atoms with E-state index in [9.17, 15) is 13.8 Å². The van der Waals surface area contributed by atoms with Crippen LogP contribution in [0.5, 0.6) is 5.75 Å². The number of hydrogen-bond donors (Lipinski definition) is 1. The maximum atomic E-state index is 14.4. The van der Waals surface area contributed by atoms with Crippen molar-refractivity contribution in [2.75, 3.05) is 30.9 Å². The Hall–Kier alpha value is -3.67. The molecule has 2 amide bonds. The summed E-state index contributed by atoms with van der Waals surface area (Å²) in [7, 11) is -0.0721. The fourth-order valence-electron chi connectivity index (χ4n) is 7.66. The molecule has 2 aliphatic heterocycles. The number of carbonyl (C=O) groups excluding carboxylic acids is 2. The summed E-state index contributed by atoms with van der Waals surface area (Å²) in [6.45, 7) is 3.87. The van der Waals surface area contributed by atoms with Gasteiger partial charge < -0.3 is 14.4 Å². The van der Waals surface area contributed by atoms with Gasteiger partial charge in [0.1, 0.15) is 15.7 Å². The van der Waals surface area contributed by atoms with E-state index < -0.39 is 21.7 Å². The highest BCUT2D eigenvalue weighted by atomic mass is 35.5. The quantitative estimate of drug-likeness (QED) is 0.307. The number of halogens is 1. The topological polar surface area (TPSA) is 115 Å². The highest BCUT2D eigenvalue weighted by molar-refractivity contribution is 7.92. The zero-order chi connectivity index (χ0) is 34.3. The van der Waals surface area contributed by atoms with Crippen molar-refractivity contribution < 1.29 is 23.3 Å². The van der Waals surface area contributed by atoms with E-state index in [1.807, 2.05) is 25.1 Å². The van der Waals surface area contributed by atoms with E-state index >= 15 is 0 Å². The SMILES string of the molecule is CO[C@H]1/C=C/C[C@H](C)CS(=O)(NC(=O)c2cnn(C)c2)=NC(=O)c2ccc3c(c2)N(Cc2ccc(Cl)cc2[C@H]2C[C@H]2CCO3)C[C@@H]2CC[C@H]21. The standard InChI is InChI=1S/C37H44ClN5O5S/c1-23-5-4-6-34(47-3)30-11-8-26(30)20-43-21-27-7-10-29(38)17-32(27)31-15-24(31)13-14-48-35-12-9-25(16-33(35)43)36(44)40-49(46,22-23)41-37(45)28-18-39-42(2)19-28/h4,6-7,9-10,12,16-19,23-24,26,30-31,34H,5,8,11,13-15,20-22H2,1-3H3,(H,40,41,44,45,46)/b6-4+/t23-,24+,26-,30+,31-,34-,49?/m0/s1. The molecule has 2 bridgehead atoms. The van der Waals surface area contributed by atoms with E-state index in [0.717, 1.165) is 42.9 Å². The molecule has 0 radical (unpaired) electrons. The Bertz CT molecular complexity index is 1900. The fourth-order valence-corrected chi connectivity index (χ4v) is 9.73. The molecule has 7 rings (SSSR count). The molecule has 7 atom stereocenters. The average Bonchev–Trinajstić information content (AvgIpc) is 3.69. The third-order valence-electron chi connectivity index (χ3n) is 10.5. The summed E-state index contributed by atoms with van der Waals surface area (Å²) in [6, 6.07) is 11.5. The first kappa shape index (κ1) is 33.8. The molecule has 0 spiro atoms. The molecule has 1 aromatic heterocycles. The number of nitrogens with one attached hydrogen (secondary N) is 1. The lowest BCUT2D eigenvalue weighted by atomic mass is 9.70. The van der Waals surface area contributed by atoms with Gasteiger partial charge in [-0.05, 0) is 103 Å². The van der Waals surface area contributed by atoms with Crippen LogP contribution in [-0.4, -0.2) is 57.9 Å². The van der Waals surface area contributed by atoms with Gasteiger partial charge in [-0.15, -0.1) is 4.36 Å². The van der Waals surface area contributed by atoms with Crippen LogP contribution in [0.3, 0.4) is 0 Å². The van der Waals surface area contributed by atoms with Crippen molar-refractivity contribution in [2.24, 2.45) is 35.1 Å². The molecule has 260 valence electrons. The molecule has 49 heavy (non-hydrogen) atoms. The maximum absolute atomic E-state index is 14.4. The average molecular weight is 706 g/mol. The molecule has 2 aromatic carbocycles. The number of benzene rings is 2. The lowest BCUT2D eigenvalue weighted by molar-refractivity contribution is 0.0133. The molecule has 3 heterocycles. The molecule has 1 unspecified atom stereocenters. The van der Waals surface area contributed by atoms with E-state index in [4.69, 9.17) is 21.1 Å². The third kappa shape index (κ3) is 7.44. The number of carbonyl (C=O) groups is 2. The second-order valence-corrected chi connectivity index (χ2v) is 16.6. The van der Waals surface area contributed by atoms with Gasteiger partial charge in [-0.3, -0.25) is 19.0 Å². The molecule has 12 heteroatoms. The molecule has 3 aromatic rings. The summed E-state index contributed by atoms with van der Waals surface area (Å²) in [5.74, 6) is 1.00. The molecule has 2 aliphatic carbocycles. The Morgan fingerprint density at radius 3 is 2.76 bits per heavy atom. The van der Waals surface area contributed by atoms with Gasteiger partial charge in [0, 0.05) is 44.0 Å². The van der Waals surface area contributed by atoms with Crippen LogP contribution in [-0.2, 0) is 28.2 Å². The monoisotopic (exact) mass is 705 g/mol. The number of ether oxygens (including phenoxy) is 2. The van der Waals surface area contributed by atoms with E-state index in [-0.39, 0.29) is 28.9 Å². The van der Waals surface area contributed by atoms with Crippen molar-refractivity contribution in [3.63, 3.8) is 0 Å². The summed E-state index contributed by atoms with van der Waals surface area (Å²) in [4.78, 5) is 29.5. The number of rotatable bonds is 3. The lowest BCUT2D eigenvalue weighted by Gasteiger charge is -2.43. The fraction of sp³-hybridized carbons (Fsp3) is 0.486. The summed E-state index contributed by atoms with van der Waals surface area (Å²) in [5, 5.41) is 4.80. The zero-order valence-electron chi connectivity index (χ0n) is 28.2. The van der Waals surface area contributed by atoms with Crippen molar-refractivity contribution in [1.82, 2.24) is 14.5 Å². The normalized spacial score (nSPS) is 30.5. The number of nitrogens with zero attached hydrogens (tertiary/aromatic N) is 4. The lowest BCUT2D eigenvalue weighted by Crippen LogP contribution is -2.43. The van der Waals surface area contributed by atoms with Crippen LogP contribution in [0.4, 0.5) is 5.69 Å². The Kier molecular flexibility index (Phi) is 9.60. The first-order valence-electron chi connectivity index (χ1n) is 17.2. The van der Waals surface area contributed by atoms with Gasteiger partial charge in [-0.25, -0.2) is 4.21 Å². The molecule has 4 aliphatic rings. The van der Waals surface area contributed by atoms with Gasteiger partial charge in [0.25, 0.3) is 11.8 Å². The predicted molar refractivity (Wildman–Crippen MR) is 190 cm³/mol. The minimum Gasteiger partial charge on any atom is -0.491 e. The van der Waals surface area contributed by atoms with Gasteiger partial charge in [0.15, 0.2) is 0 Å². The minimum atomic E-state index is -3.52. The van der Waals surface area contributed by atoms with E-state index in [2.05, 4.69) is 43.4 Å². The van der Waals surface area contributed by atoms with Gasteiger partial charge in [-0.1, -0.05) is 36.7 Å². The number of fused-ring (bicyclic) bond motifs is 5. The largest absolute Gasteiger partial charge is 0.491 e. The smallest absolute Gasteiger partial charge is 0.286 e. The van der Waals surface area contributed by atoms with Crippen LogP contribution < -0.4 is 14.4 Å². The minimum absolute atomic E-state index is 0.000633. The predicted octanol–water partition coefficient (Wildman–Crippen LogP) is 6.56. The van der Waals surface area contributed by atoms with Crippen molar-refractivity contribution in [3.8, 4) is 5.75 Å². The van der Waals surface area contributed by atoms with E-state index in [1.165, 1.54) is 28.2 Å². The first-order valence-corrected chi connectivity index (χ1v) is 19.2. The molecular weight excluding hydrogens is 662 g/mol. The second kappa shape index (κ2) is 13.9. The Morgan fingerprint density at radius 1 is 1.14 bits per heavy atom. The van der Waals surface area contributed by atoms with E-state index in [0.29, 0.717) is 49.0 Å². The van der Waals surface area contributed by atoms with Gasteiger partial charge in [-0.2, -0.15) is 5.10 Å². The second-order valence-electron chi connectivity index (χ2n) is 14.2. The highest BCUT2D eigenvalue weighted by Gasteiger charge is 2.41.